The maximum atomic E-state index is 11.7. The molecule has 0 rings (SSSR count). The van der Waals surface area contributed by atoms with Crippen molar-refractivity contribution in [3.05, 3.63) is 0 Å². The molecule has 1 unspecified atom stereocenters. The Labute approximate surface area is 93.6 Å². The number of carbonyl (C=O) groups excluding carboxylic acids is 1. The average molecular weight is 215 g/mol. The van der Waals surface area contributed by atoms with Crippen molar-refractivity contribution in [2.45, 2.75) is 33.2 Å². The first-order valence-electron chi connectivity index (χ1n) is 5.71. The summed E-state index contributed by atoms with van der Waals surface area (Å²) in [4.78, 5) is 15.6. The van der Waals surface area contributed by atoms with Gasteiger partial charge >= 0.3 is 6.03 Å². The molecule has 0 saturated carbocycles. The quantitative estimate of drug-likeness (QED) is 0.726. The summed E-state index contributed by atoms with van der Waals surface area (Å²) in [6.07, 6.45) is 0.986. The van der Waals surface area contributed by atoms with E-state index in [1.807, 2.05) is 34.9 Å². The largest absolute Gasteiger partial charge is 0.335 e. The number of amides is 2. The van der Waals surface area contributed by atoms with E-state index in [4.69, 9.17) is 0 Å². The minimum absolute atomic E-state index is 0.0475. The van der Waals surface area contributed by atoms with Crippen LogP contribution in [0.25, 0.3) is 0 Å². The number of nitrogens with one attached hydrogen (secondary N) is 1. The molecule has 0 aliphatic rings. The van der Waals surface area contributed by atoms with Crippen molar-refractivity contribution in [1.82, 2.24) is 15.1 Å². The van der Waals surface area contributed by atoms with Crippen molar-refractivity contribution < 1.29 is 4.79 Å². The van der Waals surface area contributed by atoms with Crippen molar-refractivity contribution in [3.8, 4) is 0 Å². The molecule has 0 aliphatic carbocycles. The second-order valence-electron chi connectivity index (χ2n) is 4.11. The Morgan fingerprint density at radius 2 is 1.80 bits per heavy atom. The number of rotatable bonds is 6. The number of hydrogen-bond donors (Lipinski definition) is 1. The highest BCUT2D eigenvalue weighted by atomic mass is 16.2. The van der Waals surface area contributed by atoms with Gasteiger partial charge in [0.1, 0.15) is 0 Å². The van der Waals surface area contributed by atoms with E-state index in [0.29, 0.717) is 0 Å². The Hall–Kier alpha value is -0.770. The van der Waals surface area contributed by atoms with Crippen LogP contribution in [0.2, 0.25) is 0 Å². The van der Waals surface area contributed by atoms with Crippen LogP contribution in [0, 0.1) is 0 Å². The van der Waals surface area contributed by atoms with Gasteiger partial charge in [0.2, 0.25) is 0 Å². The van der Waals surface area contributed by atoms with Gasteiger partial charge in [-0.25, -0.2) is 4.79 Å². The van der Waals surface area contributed by atoms with E-state index >= 15 is 0 Å². The van der Waals surface area contributed by atoms with Crippen molar-refractivity contribution >= 4 is 6.03 Å². The van der Waals surface area contributed by atoms with E-state index < -0.39 is 0 Å². The number of nitrogens with zero attached hydrogens (tertiary/aromatic N) is 2. The van der Waals surface area contributed by atoms with Gasteiger partial charge in [0.15, 0.2) is 0 Å². The van der Waals surface area contributed by atoms with Crippen LogP contribution >= 0.6 is 0 Å². The molecule has 0 aromatic carbocycles. The topological polar surface area (TPSA) is 35.6 Å². The highest BCUT2D eigenvalue weighted by Gasteiger charge is 2.11. The summed E-state index contributed by atoms with van der Waals surface area (Å²) in [5, 5.41) is 3.00. The van der Waals surface area contributed by atoms with Gasteiger partial charge in [-0.3, -0.25) is 0 Å². The lowest BCUT2D eigenvalue weighted by Crippen LogP contribution is -2.44. The summed E-state index contributed by atoms with van der Waals surface area (Å²) in [5.41, 5.74) is 0. The molecule has 4 heteroatoms. The SMILES string of the molecule is CCN(CC)C(=O)NC(C)CCN(C)C. The lowest BCUT2D eigenvalue weighted by atomic mass is 10.2. The van der Waals surface area contributed by atoms with E-state index in [9.17, 15) is 4.79 Å². The van der Waals surface area contributed by atoms with Crippen molar-refractivity contribution in [2.24, 2.45) is 0 Å². The molecule has 0 aromatic heterocycles. The first kappa shape index (κ1) is 14.2. The maximum absolute atomic E-state index is 11.7. The van der Waals surface area contributed by atoms with Gasteiger partial charge in [0, 0.05) is 19.1 Å². The van der Waals surface area contributed by atoms with Gasteiger partial charge in [0.05, 0.1) is 0 Å². The summed E-state index contributed by atoms with van der Waals surface area (Å²) in [6.45, 7) is 8.57. The van der Waals surface area contributed by atoms with E-state index in [0.717, 1.165) is 26.1 Å². The smallest absolute Gasteiger partial charge is 0.317 e. The number of hydrogen-bond acceptors (Lipinski definition) is 2. The Kier molecular flexibility index (Phi) is 7.13. The molecular weight excluding hydrogens is 190 g/mol. The molecule has 2 amide bonds. The molecule has 0 bridgehead atoms. The van der Waals surface area contributed by atoms with Crippen LogP contribution in [0.5, 0.6) is 0 Å². The third-order valence-electron chi connectivity index (χ3n) is 2.43. The molecule has 0 radical (unpaired) electrons. The van der Waals surface area contributed by atoms with Crippen LogP contribution in [0.1, 0.15) is 27.2 Å². The molecule has 0 aliphatic heterocycles. The van der Waals surface area contributed by atoms with Crippen molar-refractivity contribution in [1.29, 1.82) is 0 Å². The summed E-state index contributed by atoms with van der Waals surface area (Å²) < 4.78 is 0. The first-order chi connectivity index (χ1) is 7.01. The molecule has 4 nitrogen and oxygen atoms in total. The lowest BCUT2D eigenvalue weighted by molar-refractivity contribution is 0.198. The Morgan fingerprint density at radius 1 is 1.27 bits per heavy atom. The highest BCUT2D eigenvalue weighted by molar-refractivity contribution is 5.74. The van der Waals surface area contributed by atoms with Gasteiger partial charge in [-0.2, -0.15) is 0 Å². The van der Waals surface area contributed by atoms with Crippen molar-refractivity contribution in [3.63, 3.8) is 0 Å². The Morgan fingerprint density at radius 3 is 2.20 bits per heavy atom. The van der Waals surface area contributed by atoms with Crippen LogP contribution in [-0.2, 0) is 0 Å². The number of carbonyl (C=O) groups is 1. The predicted octanol–water partition coefficient (Wildman–Crippen LogP) is 1.38. The second-order valence-corrected chi connectivity index (χ2v) is 4.11. The molecule has 1 N–H and O–H groups in total. The number of urea groups is 1. The molecule has 0 saturated heterocycles. The zero-order valence-corrected chi connectivity index (χ0v) is 10.7. The van der Waals surface area contributed by atoms with Crippen LogP contribution in [-0.4, -0.2) is 55.6 Å². The van der Waals surface area contributed by atoms with Gasteiger partial charge < -0.3 is 15.1 Å². The Bertz CT molecular complexity index is 179. The molecule has 90 valence electrons. The Balaban J connectivity index is 3.84. The molecule has 0 heterocycles. The third-order valence-corrected chi connectivity index (χ3v) is 2.43. The zero-order chi connectivity index (χ0) is 11.8. The first-order valence-corrected chi connectivity index (χ1v) is 5.71. The maximum Gasteiger partial charge on any atom is 0.317 e. The zero-order valence-electron chi connectivity index (χ0n) is 10.7. The van der Waals surface area contributed by atoms with Crippen LogP contribution < -0.4 is 5.32 Å². The minimum atomic E-state index is 0.0475. The molecule has 1 atom stereocenters. The van der Waals surface area contributed by atoms with E-state index in [1.165, 1.54) is 0 Å². The molecular formula is C11H25N3O. The summed E-state index contributed by atoms with van der Waals surface area (Å²) >= 11 is 0. The van der Waals surface area contributed by atoms with Crippen LogP contribution in [0.15, 0.2) is 0 Å². The van der Waals surface area contributed by atoms with E-state index in [1.54, 1.807) is 4.90 Å². The van der Waals surface area contributed by atoms with Gasteiger partial charge in [-0.05, 0) is 47.8 Å². The van der Waals surface area contributed by atoms with Crippen molar-refractivity contribution in [2.75, 3.05) is 33.7 Å². The summed E-state index contributed by atoms with van der Waals surface area (Å²) in [6, 6.07) is 0.284. The third kappa shape index (κ3) is 6.33. The highest BCUT2D eigenvalue weighted by Crippen LogP contribution is 1.95. The summed E-state index contributed by atoms with van der Waals surface area (Å²) in [5.74, 6) is 0. The van der Waals surface area contributed by atoms with Crippen LogP contribution in [0.3, 0.4) is 0 Å². The predicted molar refractivity (Wildman–Crippen MR) is 64.1 cm³/mol. The summed E-state index contributed by atoms with van der Waals surface area (Å²) in [7, 11) is 4.08. The van der Waals surface area contributed by atoms with Gasteiger partial charge in [-0.1, -0.05) is 0 Å². The molecule has 15 heavy (non-hydrogen) atoms. The normalized spacial score (nSPS) is 12.7. The fourth-order valence-electron chi connectivity index (χ4n) is 1.34. The molecule has 0 fully saturated rings. The van der Waals surface area contributed by atoms with E-state index in [-0.39, 0.29) is 12.1 Å². The van der Waals surface area contributed by atoms with E-state index in [2.05, 4.69) is 10.2 Å². The molecule has 0 spiro atoms. The van der Waals surface area contributed by atoms with Gasteiger partial charge in [0.25, 0.3) is 0 Å². The average Bonchev–Trinajstić information content (AvgIpc) is 2.16. The fraction of sp³-hybridized carbons (Fsp3) is 0.909. The monoisotopic (exact) mass is 215 g/mol. The van der Waals surface area contributed by atoms with Crippen LogP contribution in [0.4, 0.5) is 4.79 Å². The fourth-order valence-corrected chi connectivity index (χ4v) is 1.34. The molecule has 0 aromatic rings. The minimum Gasteiger partial charge on any atom is -0.335 e. The lowest BCUT2D eigenvalue weighted by Gasteiger charge is -2.23. The van der Waals surface area contributed by atoms with Gasteiger partial charge in [-0.15, -0.1) is 0 Å². The standard InChI is InChI=1S/C11H25N3O/c1-6-14(7-2)11(15)12-10(3)8-9-13(4)5/h10H,6-9H2,1-5H3,(H,12,15). The second kappa shape index (κ2) is 7.51.